The van der Waals surface area contributed by atoms with Crippen molar-refractivity contribution in [2.24, 2.45) is 0 Å². The van der Waals surface area contributed by atoms with Gasteiger partial charge in [0.15, 0.2) is 0 Å². The molecule has 0 unspecified atom stereocenters. The topological polar surface area (TPSA) is 26.0 Å². The number of alkyl halides is 3. The summed E-state index contributed by atoms with van der Waals surface area (Å²) >= 11 is 2.93. The van der Waals surface area contributed by atoms with Gasteiger partial charge in [0.2, 0.25) is 0 Å². The molecule has 0 heterocycles. The van der Waals surface area contributed by atoms with Crippen molar-refractivity contribution in [3.05, 3.63) is 28.2 Å². The quantitative estimate of drug-likeness (QED) is 0.721. The van der Waals surface area contributed by atoms with Gasteiger partial charge in [-0.2, -0.15) is 13.2 Å². The van der Waals surface area contributed by atoms with E-state index in [4.69, 9.17) is 5.73 Å². The zero-order valence-electron chi connectivity index (χ0n) is 6.23. The molecule has 0 radical (unpaired) electrons. The largest absolute Gasteiger partial charge is 0.416 e. The molecule has 0 aliphatic heterocycles. The highest BCUT2D eigenvalue weighted by Gasteiger charge is 2.30. The zero-order valence-corrected chi connectivity index (χ0v) is 8.63. The van der Waals surface area contributed by atoms with Crippen molar-refractivity contribution < 1.29 is 13.2 Å². The summed E-state index contributed by atoms with van der Waals surface area (Å²) in [6, 6.07) is 3.29. The van der Waals surface area contributed by atoms with Gasteiger partial charge in [-0.05, 0) is 18.2 Å². The van der Waals surface area contributed by atoms with Crippen LogP contribution in [0.5, 0.6) is 0 Å². The lowest BCUT2D eigenvalue weighted by molar-refractivity contribution is -0.137. The molecule has 0 bridgehead atoms. The number of nitrogen functional groups attached to an aromatic ring is 1. The number of rotatable bonds is 0. The summed E-state index contributed by atoms with van der Waals surface area (Å²) in [5.41, 5.74) is 4.58. The molecular weight excluding hydrogens is 270 g/mol. The minimum absolute atomic E-state index is 0. The lowest BCUT2D eigenvalue weighted by Gasteiger charge is -2.07. The smallest absolute Gasteiger partial charge is 0.399 e. The Kier molecular flexibility index (Phi) is 4.06. The van der Waals surface area contributed by atoms with Crippen LogP contribution in [0.2, 0.25) is 0 Å². The standard InChI is InChI=1S/C7H5BrF3N.ClH/c8-5-1-4(7(9,10)11)2-6(12)3-5;/h1-3H,12H2;1H. The predicted molar refractivity (Wildman–Crippen MR) is 50.8 cm³/mol. The Morgan fingerprint density at radius 3 is 2.08 bits per heavy atom. The molecule has 1 aromatic rings. The van der Waals surface area contributed by atoms with Gasteiger partial charge < -0.3 is 5.73 Å². The first kappa shape index (κ1) is 12.6. The van der Waals surface area contributed by atoms with E-state index < -0.39 is 11.7 Å². The van der Waals surface area contributed by atoms with Gasteiger partial charge in [-0.25, -0.2) is 0 Å². The van der Waals surface area contributed by atoms with Crippen molar-refractivity contribution in [2.75, 3.05) is 5.73 Å². The Bertz CT molecular complexity index is 280. The molecule has 6 heteroatoms. The first-order chi connectivity index (χ1) is 5.39. The molecule has 1 rings (SSSR count). The zero-order chi connectivity index (χ0) is 9.35. The molecule has 13 heavy (non-hydrogen) atoms. The van der Waals surface area contributed by atoms with E-state index in [0.29, 0.717) is 4.47 Å². The van der Waals surface area contributed by atoms with Gasteiger partial charge in [-0.15, -0.1) is 12.4 Å². The maximum absolute atomic E-state index is 12.1. The summed E-state index contributed by atoms with van der Waals surface area (Å²) in [5, 5.41) is 0. The van der Waals surface area contributed by atoms with Crippen molar-refractivity contribution in [3.8, 4) is 0 Å². The lowest BCUT2D eigenvalue weighted by atomic mass is 10.2. The molecule has 0 aliphatic rings. The highest BCUT2D eigenvalue weighted by molar-refractivity contribution is 9.10. The molecular formula is C7H6BrClF3N. The minimum Gasteiger partial charge on any atom is -0.399 e. The molecule has 2 N–H and O–H groups in total. The van der Waals surface area contributed by atoms with Crippen LogP contribution in [-0.2, 0) is 6.18 Å². The summed E-state index contributed by atoms with van der Waals surface area (Å²) < 4.78 is 36.5. The molecule has 0 aromatic heterocycles. The molecule has 0 amide bonds. The van der Waals surface area contributed by atoms with Gasteiger partial charge in [0, 0.05) is 10.2 Å². The fourth-order valence-electron chi connectivity index (χ4n) is 0.776. The Morgan fingerprint density at radius 1 is 1.15 bits per heavy atom. The summed E-state index contributed by atoms with van der Waals surface area (Å²) in [4.78, 5) is 0. The number of hydrogen-bond donors (Lipinski definition) is 1. The molecule has 0 atom stereocenters. The maximum Gasteiger partial charge on any atom is 0.416 e. The van der Waals surface area contributed by atoms with Crippen molar-refractivity contribution in [1.29, 1.82) is 0 Å². The van der Waals surface area contributed by atoms with Crippen LogP contribution < -0.4 is 5.73 Å². The van der Waals surface area contributed by atoms with Crippen molar-refractivity contribution in [1.82, 2.24) is 0 Å². The summed E-state index contributed by atoms with van der Waals surface area (Å²) in [7, 11) is 0. The van der Waals surface area contributed by atoms with Crippen molar-refractivity contribution in [3.63, 3.8) is 0 Å². The van der Waals surface area contributed by atoms with Gasteiger partial charge in [0.05, 0.1) is 5.56 Å². The lowest BCUT2D eigenvalue weighted by Crippen LogP contribution is -2.05. The molecule has 0 saturated carbocycles. The van der Waals surface area contributed by atoms with E-state index in [0.717, 1.165) is 12.1 Å². The molecule has 0 fully saturated rings. The number of benzene rings is 1. The van der Waals surface area contributed by atoms with Crippen LogP contribution in [0.1, 0.15) is 5.56 Å². The summed E-state index contributed by atoms with van der Waals surface area (Å²) in [6.07, 6.45) is -4.34. The minimum atomic E-state index is -4.34. The van der Waals surface area contributed by atoms with Crippen LogP contribution in [0.3, 0.4) is 0 Å². The van der Waals surface area contributed by atoms with Gasteiger partial charge in [-0.1, -0.05) is 15.9 Å². The van der Waals surface area contributed by atoms with Gasteiger partial charge in [0.25, 0.3) is 0 Å². The number of halogens is 5. The Hall–Kier alpha value is -0.420. The van der Waals surface area contributed by atoms with Crippen molar-refractivity contribution in [2.45, 2.75) is 6.18 Å². The van der Waals surface area contributed by atoms with E-state index in [9.17, 15) is 13.2 Å². The first-order valence-electron chi connectivity index (χ1n) is 3.03. The molecule has 0 spiro atoms. The Morgan fingerprint density at radius 2 is 1.69 bits per heavy atom. The third-order valence-corrected chi connectivity index (χ3v) is 1.71. The maximum atomic E-state index is 12.1. The SMILES string of the molecule is Cl.Nc1cc(Br)cc(C(F)(F)F)c1. The van der Waals surface area contributed by atoms with Crippen LogP contribution in [0.15, 0.2) is 22.7 Å². The van der Waals surface area contributed by atoms with E-state index in [1.807, 2.05) is 0 Å². The summed E-state index contributed by atoms with van der Waals surface area (Å²) in [5.74, 6) is 0. The number of hydrogen-bond acceptors (Lipinski definition) is 1. The first-order valence-corrected chi connectivity index (χ1v) is 3.82. The van der Waals surface area contributed by atoms with Gasteiger partial charge in [0.1, 0.15) is 0 Å². The van der Waals surface area contributed by atoms with E-state index in [2.05, 4.69) is 15.9 Å². The Balaban J connectivity index is 0.00000144. The molecule has 74 valence electrons. The average molecular weight is 276 g/mol. The normalized spacial score (nSPS) is 10.8. The monoisotopic (exact) mass is 275 g/mol. The molecule has 0 saturated heterocycles. The van der Waals surface area contributed by atoms with E-state index in [1.54, 1.807) is 0 Å². The van der Waals surface area contributed by atoms with Crippen LogP contribution in [-0.4, -0.2) is 0 Å². The molecule has 1 aromatic carbocycles. The van der Waals surface area contributed by atoms with Gasteiger partial charge in [-0.3, -0.25) is 0 Å². The van der Waals surface area contributed by atoms with Crippen LogP contribution >= 0.6 is 28.3 Å². The van der Waals surface area contributed by atoms with Crippen molar-refractivity contribution >= 4 is 34.0 Å². The fourth-order valence-corrected chi connectivity index (χ4v) is 1.29. The number of anilines is 1. The second-order valence-corrected chi connectivity index (χ2v) is 3.19. The van der Waals surface area contributed by atoms with E-state index in [-0.39, 0.29) is 18.1 Å². The van der Waals surface area contributed by atoms with Crippen LogP contribution in [0, 0.1) is 0 Å². The second kappa shape index (κ2) is 4.19. The highest BCUT2D eigenvalue weighted by Crippen LogP contribution is 2.32. The Labute approximate surface area is 87.7 Å². The third-order valence-electron chi connectivity index (χ3n) is 1.25. The third kappa shape index (κ3) is 3.44. The average Bonchev–Trinajstić information content (AvgIpc) is 1.82. The van der Waals surface area contributed by atoms with E-state index >= 15 is 0 Å². The molecule has 1 nitrogen and oxygen atoms in total. The van der Waals surface area contributed by atoms with Crippen LogP contribution in [0.25, 0.3) is 0 Å². The van der Waals surface area contributed by atoms with E-state index in [1.165, 1.54) is 6.07 Å². The molecule has 0 aliphatic carbocycles. The van der Waals surface area contributed by atoms with Crippen LogP contribution in [0.4, 0.5) is 18.9 Å². The highest BCUT2D eigenvalue weighted by atomic mass is 79.9. The predicted octanol–water partition coefficient (Wildman–Crippen LogP) is 3.47. The summed E-state index contributed by atoms with van der Waals surface area (Å²) in [6.45, 7) is 0. The van der Waals surface area contributed by atoms with Gasteiger partial charge >= 0.3 is 6.18 Å². The second-order valence-electron chi connectivity index (χ2n) is 2.27. The fraction of sp³-hybridized carbons (Fsp3) is 0.143. The number of nitrogens with two attached hydrogens (primary N) is 1.